The van der Waals surface area contributed by atoms with Gasteiger partial charge in [0.15, 0.2) is 0 Å². The van der Waals surface area contributed by atoms with Crippen LogP contribution in [0.4, 0.5) is 15.8 Å². The van der Waals surface area contributed by atoms with E-state index in [9.17, 15) is 4.39 Å². The smallest absolute Gasteiger partial charge is 0.148 e. The van der Waals surface area contributed by atoms with Gasteiger partial charge in [0.2, 0.25) is 0 Å². The molecule has 1 saturated heterocycles. The largest absolute Gasteiger partial charge is 0.495 e. The third-order valence-corrected chi connectivity index (χ3v) is 2.72. The summed E-state index contributed by atoms with van der Waals surface area (Å²) in [6.07, 6.45) is -0.0679. The molecule has 3 N–H and O–H groups in total. The Bertz CT molecular complexity index is 409. The van der Waals surface area contributed by atoms with Crippen LogP contribution in [0.25, 0.3) is 0 Å². The van der Waals surface area contributed by atoms with E-state index in [4.69, 9.17) is 19.9 Å². The number of anilines is 2. The molecule has 2 rings (SSSR count). The zero-order valence-corrected chi connectivity index (χ0v) is 10.2. The minimum Gasteiger partial charge on any atom is -0.495 e. The van der Waals surface area contributed by atoms with Gasteiger partial charge in [0.1, 0.15) is 11.6 Å². The van der Waals surface area contributed by atoms with E-state index >= 15 is 0 Å². The molecule has 1 aromatic carbocycles. The van der Waals surface area contributed by atoms with Gasteiger partial charge in [0.05, 0.1) is 44.4 Å². The lowest BCUT2D eigenvalue weighted by Gasteiger charge is -2.23. The van der Waals surface area contributed by atoms with E-state index in [0.29, 0.717) is 37.8 Å². The van der Waals surface area contributed by atoms with Gasteiger partial charge in [-0.2, -0.15) is 0 Å². The molecule has 0 aliphatic carbocycles. The molecule has 1 aromatic rings. The summed E-state index contributed by atoms with van der Waals surface area (Å²) < 4.78 is 29.4. The van der Waals surface area contributed by atoms with Crippen molar-refractivity contribution in [1.29, 1.82) is 0 Å². The van der Waals surface area contributed by atoms with Crippen LogP contribution < -0.4 is 15.8 Å². The number of nitrogens with two attached hydrogens (primary N) is 1. The molecule has 5 nitrogen and oxygen atoms in total. The summed E-state index contributed by atoms with van der Waals surface area (Å²) in [5.74, 6) is 0.0322. The van der Waals surface area contributed by atoms with Crippen LogP contribution in [0.2, 0.25) is 0 Å². The summed E-state index contributed by atoms with van der Waals surface area (Å²) in [5.41, 5.74) is 6.22. The van der Waals surface area contributed by atoms with Gasteiger partial charge in [-0.05, 0) is 0 Å². The third-order valence-electron chi connectivity index (χ3n) is 2.72. The van der Waals surface area contributed by atoms with Gasteiger partial charge in [-0.3, -0.25) is 0 Å². The standard InChI is InChI=1S/C12H17FN2O3/c1-16-12-5-11(9(13)4-10(12)14)15-6-8-7-17-2-3-18-8/h4-5,8,15H,2-3,6-7,14H2,1H3. The van der Waals surface area contributed by atoms with Gasteiger partial charge < -0.3 is 25.3 Å². The molecule has 1 aliphatic rings. The van der Waals surface area contributed by atoms with E-state index in [1.807, 2.05) is 0 Å². The first kappa shape index (κ1) is 12.9. The average molecular weight is 256 g/mol. The summed E-state index contributed by atoms with van der Waals surface area (Å²) in [6, 6.07) is 2.77. The molecular weight excluding hydrogens is 239 g/mol. The number of rotatable bonds is 4. The predicted octanol–water partition coefficient (Wildman–Crippen LogP) is 1.24. The van der Waals surface area contributed by atoms with Crippen molar-refractivity contribution in [2.75, 3.05) is 44.5 Å². The Labute approximate surface area is 105 Å². The summed E-state index contributed by atoms with van der Waals surface area (Å²) >= 11 is 0. The highest BCUT2D eigenvalue weighted by Gasteiger charge is 2.15. The van der Waals surface area contributed by atoms with Gasteiger partial charge in [0.25, 0.3) is 0 Å². The molecule has 0 amide bonds. The van der Waals surface area contributed by atoms with Crippen LogP contribution in [-0.2, 0) is 9.47 Å². The number of hydrogen-bond donors (Lipinski definition) is 2. The fourth-order valence-electron chi connectivity index (χ4n) is 1.76. The molecule has 1 atom stereocenters. The van der Waals surface area contributed by atoms with Gasteiger partial charge >= 0.3 is 0 Å². The molecule has 1 unspecified atom stereocenters. The van der Waals surface area contributed by atoms with Crippen LogP contribution in [-0.4, -0.2) is 39.6 Å². The fourth-order valence-corrected chi connectivity index (χ4v) is 1.76. The summed E-state index contributed by atoms with van der Waals surface area (Å²) in [5, 5.41) is 2.97. The van der Waals surface area contributed by atoms with E-state index in [1.165, 1.54) is 19.2 Å². The van der Waals surface area contributed by atoms with Crippen LogP contribution in [0.15, 0.2) is 12.1 Å². The van der Waals surface area contributed by atoms with Crippen LogP contribution in [0.3, 0.4) is 0 Å². The van der Waals surface area contributed by atoms with Crippen molar-refractivity contribution in [3.05, 3.63) is 17.9 Å². The molecule has 0 saturated carbocycles. The van der Waals surface area contributed by atoms with Crippen molar-refractivity contribution >= 4 is 11.4 Å². The molecule has 1 aliphatic heterocycles. The normalized spacial score (nSPS) is 19.6. The second kappa shape index (κ2) is 5.88. The Hall–Kier alpha value is -1.53. The summed E-state index contributed by atoms with van der Waals surface area (Å²) in [6.45, 7) is 2.17. The van der Waals surface area contributed by atoms with E-state index in [1.54, 1.807) is 0 Å². The molecule has 6 heteroatoms. The molecule has 1 fully saturated rings. The lowest BCUT2D eigenvalue weighted by Crippen LogP contribution is -2.34. The molecule has 100 valence electrons. The van der Waals surface area contributed by atoms with Gasteiger partial charge in [-0.25, -0.2) is 4.39 Å². The lowest BCUT2D eigenvalue weighted by molar-refractivity contribution is -0.0819. The molecule has 1 heterocycles. The minimum atomic E-state index is -0.412. The predicted molar refractivity (Wildman–Crippen MR) is 66.4 cm³/mol. The van der Waals surface area contributed by atoms with Crippen molar-refractivity contribution in [3.63, 3.8) is 0 Å². The van der Waals surface area contributed by atoms with E-state index in [0.717, 1.165) is 0 Å². The van der Waals surface area contributed by atoms with E-state index in [-0.39, 0.29) is 11.8 Å². The third kappa shape index (κ3) is 3.02. The maximum Gasteiger partial charge on any atom is 0.148 e. The summed E-state index contributed by atoms with van der Waals surface area (Å²) in [7, 11) is 1.49. The summed E-state index contributed by atoms with van der Waals surface area (Å²) in [4.78, 5) is 0. The highest BCUT2D eigenvalue weighted by Crippen LogP contribution is 2.28. The zero-order valence-electron chi connectivity index (χ0n) is 10.2. The van der Waals surface area contributed by atoms with Crippen molar-refractivity contribution in [2.24, 2.45) is 0 Å². The SMILES string of the molecule is COc1cc(NCC2COCCO2)c(F)cc1N. The van der Waals surface area contributed by atoms with Crippen molar-refractivity contribution in [1.82, 2.24) is 0 Å². The number of nitrogen functional groups attached to an aromatic ring is 1. The number of hydrogen-bond acceptors (Lipinski definition) is 5. The highest BCUT2D eigenvalue weighted by atomic mass is 19.1. The van der Waals surface area contributed by atoms with Gasteiger partial charge in [0, 0.05) is 18.7 Å². The molecule has 18 heavy (non-hydrogen) atoms. The van der Waals surface area contributed by atoms with Crippen molar-refractivity contribution < 1.29 is 18.6 Å². The van der Waals surface area contributed by atoms with Crippen molar-refractivity contribution in [3.8, 4) is 5.75 Å². The van der Waals surface area contributed by atoms with Gasteiger partial charge in [-0.15, -0.1) is 0 Å². The molecule has 0 aromatic heterocycles. The van der Waals surface area contributed by atoms with E-state index in [2.05, 4.69) is 5.32 Å². The van der Waals surface area contributed by atoms with Crippen LogP contribution in [0, 0.1) is 5.82 Å². The Morgan fingerprint density at radius 2 is 2.33 bits per heavy atom. The number of halogens is 1. The average Bonchev–Trinajstić information content (AvgIpc) is 2.39. The van der Waals surface area contributed by atoms with Crippen LogP contribution >= 0.6 is 0 Å². The number of ether oxygens (including phenoxy) is 3. The minimum absolute atomic E-state index is 0.0679. The second-order valence-corrected chi connectivity index (χ2v) is 4.02. The maximum absolute atomic E-state index is 13.7. The Morgan fingerprint density at radius 3 is 3.00 bits per heavy atom. The first-order valence-corrected chi connectivity index (χ1v) is 5.77. The maximum atomic E-state index is 13.7. The Kier molecular flexibility index (Phi) is 4.22. The Morgan fingerprint density at radius 1 is 1.50 bits per heavy atom. The fraction of sp³-hybridized carbons (Fsp3) is 0.500. The van der Waals surface area contributed by atoms with Crippen LogP contribution in [0.5, 0.6) is 5.75 Å². The van der Waals surface area contributed by atoms with E-state index < -0.39 is 5.82 Å². The number of benzene rings is 1. The first-order chi connectivity index (χ1) is 8.70. The first-order valence-electron chi connectivity index (χ1n) is 5.77. The molecular formula is C12H17FN2O3. The molecule has 0 bridgehead atoms. The highest BCUT2D eigenvalue weighted by molar-refractivity contribution is 5.62. The van der Waals surface area contributed by atoms with Crippen molar-refractivity contribution in [2.45, 2.75) is 6.10 Å². The second-order valence-electron chi connectivity index (χ2n) is 4.02. The lowest BCUT2D eigenvalue weighted by atomic mass is 10.2. The topological polar surface area (TPSA) is 65.7 Å². The zero-order chi connectivity index (χ0) is 13.0. The molecule has 0 radical (unpaired) electrons. The quantitative estimate of drug-likeness (QED) is 0.793. The van der Waals surface area contributed by atoms with Gasteiger partial charge in [-0.1, -0.05) is 0 Å². The number of nitrogens with one attached hydrogen (secondary N) is 1. The Balaban J connectivity index is 1.99. The number of methoxy groups -OCH3 is 1. The monoisotopic (exact) mass is 256 g/mol. The molecule has 0 spiro atoms. The van der Waals surface area contributed by atoms with Crippen LogP contribution in [0.1, 0.15) is 0 Å².